The Labute approximate surface area is 120 Å². The van der Waals surface area contributed by atoms with Crippen molar-refractivity contribution in [1.29, 1.82) is 0 Å². The second-order valence-electron chi connectivity index (χ2n) is 4.43. The van der Waals surface area contributed by atoms with Crippen LogP contribution < -0.4 is 15.5 Å². The SMILES string of the molecule is CCOc1ccc(NC(=O)c2c[nH]c(C)cc2=O)cc1F. The van der Waals surface area contributed by atoms with E-state index in [0.29, 0.717) is 12.3 Å². The normalized spacial score (nSPS) is 10.2. The number of H-pyrrole nitrogens is 1. The number of amides is 1. The number of halogens is 1. The van der Waals surface area contributed by atoms with Gasteiger partial charge in [0, 0.05) is 29.7 Å². The van der Waals surface area contributed by atoms with Crippen molar-refractivity contribution in [3.05, 3.63) is 57.8 Å². The zero-order chi connectivity index (χ0) is 15.4. The first-order valence-electron chi connectivity index (χ1n) is 6.44. The van der Waals surface area contributed by atoms with Crippen molar-refractivity contribution in [2.75, 3.05) is 11.9 Å². The summed E-state index contributed by atoms with van der Waals surface area (Å²) in [5, 5.41) is 2.47. The van der Waals surface area contributed by atoms with Gasteiger partial charge >= 0.3 is 0 Å². The monoisotopic (exact) mass is 290 g/mol. The fourth-order valence-corrected chi connectivity index (χ4v) is 1.80. The number of anilines is 1. The van der Waals surface area contributed by atoms with Gasteiger partial charge in [-0.1, -0.05) is 0 Å². The Kier molecular flexibility index (Phi) is 4.37. The van der Waals surface area contributed by atoms with E-state index < -0.39 is 17.2 Å². The minimum atomic E-state index is -0.597. The maximum absolute atomic E-state index is 13.7. The van der Waals surface area contributed by atoms with E-state index in [4.69, 9.17) is 4.74 Å². The highest BCUT2D eigenvalue weighted by Crippen LogP contribution is 2.21. The Morgan fingerprint density at radius 1 is 1.38 bits per heavy atom. The minimum absolute atomic E-state index is 0.0325. The lowest BCUT2D eigenvalue weighted by Gasteiger charge is -2.08. The van der Waals surface area contributed by atoms with E-state index >= 15 is 0 Å². The lowest BCUT2D eigenvalue weighted by atomic mass is 10.2. The van der Waals surface area contributed by atoms with Crippen LogP contribution in [-0.2, 0) is 0 Å². The summed E-state index contributed by atoms with van der Waals surface area (Å²) < 4.78 is 18.7. The smallest absolute Gasteiger partial charge is 0.261 e. The van der Waals surface area contributed by atoms with Crippen LogP contribution in [0.25, 0.3) is 0 Å². The number of nitrogens with one attached hydrogen (secondary N) is 2. The van der Waals surface area contributed by atoms with E-state index in [1.165, 1.54) is 24.4 Å². The maximum atomic E-state index is 13.7. The van der Waals surface area contributed by atoms with Gasteiger partial charge in [0.2, 0.25) is 0 Å². The Morgan fingerprint density at radius 2 is 2.14 bits per heavy atom. The Balaban J connectivity index is 2.19. The van der Waals surface area contributed by atoms with Crippen LogP contribution in [0.3, 0.4) is 0 Å². The number of ether oxygens (including phenoxy) is 1. The summed E-state index contributed by atoms with van der Waals surface area (Å²) in [5.74, 6) is -1.06. The molecule has 6 heteroatoms. The Morgan fingerprint density at radius 3 is 2.76 bits per heavy atom. The summed E-state index contributed by atoms with van der Waals surface area (Å²) in [4.78, 5) is 26.5. The molecule has 1 aromatic heterocycles. The number of hydrogen-bond acceptors (Lipinski definition) is 3. The number of rotatable bonds is 4. The van der Waals surface area contributed by atoms with Crippen molar-refractivity contribution in [2.24, 2.45) is 0 Å². The molecule has 2 rings (SSSR count). The molecule has 2 aromatic rings. The molecular weight excluding hydrogens is 275 g/mol. The Bertz CT molecular complexity index is 725. The van der Waals surface area contributed by atoms with Crippen LogP contribution in [0.4, 0.5) is 10.1 Å². The van der Waals surface area contributed by atoms with Gasteiger partial charge in [0.15, 0.2) is 17.0 Å². The fourth-order valence-electron chi connectivity index (χ4n) is 1.80. The number of aromatic nitrogens is 1. The zero-order valence-corrected chi connectivity index (χ0v) is 11.7. The summed E-state index contributed by atoms with van der Waals surface area (Å²) in [5.41, 5.74) is 0.481. The number of hydrogen-bond donors (Lipinski definition) is 2. The van der Waals surface area contributed by atoms with E-state index in [9.17, 15) is 14.0 Å². The average molecular weight is 290 g/mol. The molecule has 0 fully saturated rings. The molecule has 0 aliphatic carbocycles. The second kappa shape index (κ2) is 6.21. The van der Waals surface area contributed by atoms with E-state index in [1.54, 1.807) is 13.8 Å². The van der Waals surface area contributed by atoms with Crippen LogP contribution in [0.15, 0.2) is 35.3 Å². The molecule has 0 radical (unpaired) electrons. The third kappa shape index (κ3) is 3.47. The van der Waals surface area contributed by atoms with Gasteiger partial charge in [-0.05, 0) is 26.0 Å². The first kappa shape index (κ1) is 14.8. The summed E-state index contributed by atoms with van der Waals surface area (Å²) in [6, 6.07) is 5.40. The maximum Gasteiger partial charge on any atom is 0.261 e. The molecule has 0 saturated heterocycles. The quantitative estimate of drug-likeness (QED) is 0.908. The molecule has 0 atom stereocenters. The van der Waals surface area contributed by atoms with E-state index in [-0.39, 0.29) is 17.0 Å². The van der Waals surface area contributed by atoms with Crippen molar-refractivity contribution in [1.82, 2.24) is 4.98 Å². The predicted molar refractivity (Wildman–Crippen MR) is 77.3 cm³/mol. The van der Waals surface area contributed by atoms with Crippen LogP contribution in [0.5, 0.6) is 5.75 Å². The van der Waals surface area contributed by atoms with Gasteiger partial charge in [0.05, 0.1) is 6.61 Å². The number of aromatic amines is 1. The summed E-state index contributed by atoms with van der Waals surface area (Å²) in [6.45, 7) is 3.81. The number of carbonyl (C=O) groups excluding carboxylic acids is 1. The topological polar surface area (TPSA) is 71.2 Å². The molecule has 0 spiro atoms. The van der Waals surface area contributed by atoms with Gasteiger partial charge in [0.25, 0.3) is 5.91 Å². The molecule has 1 heterocycles. The van der Waals surface area contributed by atoms with Gasteiger partial charge in [-0.3, -0.25) is 9.59 Å². The highest BCUT2D eigenvalue weighted by Gasteiger charge is 2.12. The molecule has 0 saturated carbocycles. The van der Waals surface area contributed by atoms with Crippen molar-refractivity contribution in [2.45, 2.75) is 13.8 Å². The van der Waals surface area contributed by atoms with Crippen LogP contribution in [-0.4, -0.2) is 17.5 Å². The molecule has 110 valence electrons. The average Bonchev–Trinajstić information content (AvgIpc) is 2.41. The lowest BCUT2D eigenvalue weighted by Crippen LogP contribution is -2.21. The highest BCUT2D eigenvalue weighted by atomic mass is 19.1. The number of aryl methyl sites for hydroxylation is 1. The minimum Gasteiger partial charge on any atom is -0.491 e. The Hall–Kier alpha value is -2.63. The molecule has 1 aromatic carbocycles. The molecule has 2 N–H and O–H groups in total. The first-order valence-corrected chi connectivity index (χ1v) is 6.44. The lowest BCUT2D eigenvalue weighted by molar-refractivity contribution is 0.102. The number of pyridine rings is 1. The van der Waals surface area contributed by atoms with Crippen LogP contribution in [0.2, 0.25) is 0 Å². The fraction of sp³-hybridized carbons (Fsp3) is 0.200. The molecule has 21 heavy (non-hydrogen) atoms. The van der Waals surface area contributed by atoms with Crippen LogP contribution >= 0.6 is 0 Å². The standard InChI is InChI=1S/C15H15FN2O3/c1-3-21-14-5-4-10(7-12(14)16)18-15(20)11-8-17-9(2)6-13(11)19/h4-8H,3H2,1-2H3,(H,17,19)(H,18,20). The van der Waals surface area contributed by atoms with Crippen molar-refractivity contribution >= 4 is 11.6 Å². The molecule has 1 amide bonds. The van der Waals surface area contributed by atoms with Crippen LogP contribution in [0, 0.1) is 12.7 Å². The summed E-state index contributed by atoms with van der Waals surface area (Å²) in [6.07, 6.45) is 1.33. The number of carbonyl (C=O) groups is 1. The van der Waals surface area contributed by atoms with Crippen molar-refractivity contribution < 1.29 is 13.9 Å². The van der Waals surface area contributed by atoms with Gasteiger partial charge in [-0.25, -0.2) is 4.39 Å². The van der Waals surface area contributed by atoms with Crippen molar-refractivity contribution in [3.63, 3.8) is 0 Å². The first-order chi connectivity index (χ1) is 10.0. The van der Waals surface area contributed by atoms with E-state index in [0.717, 1.165) is 6.07 Å². The molecule has 0 unspecified atom stereocenters. The zero-order valence-electron chi connectivity index (χ0n) is 11.7. The number of benzene rings is 1. The third-order valence-corrected chi connectivity index (χ3v) is 2.79. The molecule has 0 aliphatic rings. The molecule has 0 bridgehead atoms. The molecule has 0 aliphatic heterocycles. The third-order valence-electron chi connectivity index (χ3n) is 2.79. The van der Waals surface area contributed by atoms with E-state index in [2.05, 4.69) is 10.3 Å². The van der Waals surface area contributed by atoms with Gasteiger partial charge in [-0.15, -0.1) is 0 Å². The van der Waals surface area contributed by atoms with Crippen LogP contribution in [0.1, 0.15) is 23.0 Å². The van der Waals surface area contributed by atoms with E-state index in [1.807, 2.05) is 0 Å². The summed E-state index contributed by atoms with van der Waals surface area (Å²) in [7, 11) is 0. The van der Waals surface area contributed by atoms with Gasteiger partial charge < -0.3 is 15.0 Å². The highest BCUT2D eigenvalue weighted by molar-refractivity contribution is 6.04. The predicted octanol–water partition coefficient (Wildman–Crippen LogP) is 2.47. The molecular formula is C15H15FN2O3. The summed E-state index contributed by atoms with van der Waals surface area (Å²) >= 11 is 0. The van der Waals surface area contributed by atoms with Gasteiger partial charge in [-0.2, -0.15) is 0 Å². The van der Waals surface area contributed by atoms with Crippen molar-refractivity contribution in [3.8, 4) is 5.75 Å². The van der Waals surface area contributed by atoms with Gasteiger partial charge in [0.1, 0.15) is 5.56 Å². The molecule has 5 nitrogen and oxygen atoms in total. The second-order valence-corrected chi connectivity index (χ2v) is 4.43. The largest absolute Gasteiger partial charge is 0.491 e.